The van der Waals surface area contributed by atoms with E-state index in [0.717, 1.165) is 38.8 Å². The molecule has 0 fully saturated rings. The van der Waals surface area contributed by atoms with Gasteiger partial charge < -0.3 is 18.5 Å². The minimum Gasteiger partial charge on any atom is -0.455 e. The predicted octanol–water partition coefficient (Wildman–Crippen LogP) is 10.2. The number of aromatic nitrogens is 1. The van der Waals surface area contributed by atoms with Crippen molar-refractivity contribution in [1.29, 1.82) is 0 Å². The van der Waals surface area contributed by atoms with Crippen molar-refractivity contribution in [2.45, 2.75) is 0 Å². The average molecular weight is 516 g/mol. The van der Waals surface area contributed by atoms with Crippen LogP contribution in [0, 0.1) is 0 Å². The van der Waals surface area contributed by atoms with E-state index in [4.69, 9.17) is 13.9 Å². The third kappa shape index (κ3) is 2.96. The van der Waals surface area contributed by atoms with Gasteiger partial charge in [-0.1, -0.05) is 78.9 Å². The second-order valence-corrected chi connectivity index (χ2v) is 10.1. The van der Waals surface area contributed by atoms with Crippen molar-refractivity contribution in [2.75, 3.05) is 0 Å². The lowest BCUT2D eigenvalue weighted by molar-refractivity contribution is 0.361. The first-order chi connectivity index (χ1) is 19.8. The Balaban J connectivity index is 1.25. The maximum atomic E-state index is 6.54. The molecule has 4 heteroatoms. The summed E-state index contributed by atoms with van der Waals surface area (Å²) in [6, 6.07) is 43.6. The number of ether oxygens (including phenoxy) is 2. The van der Waals surface area contributed by atoms with Gasteiger partial charge in [-0.3, -0.25) is 0 Å². The Hall–Kier alpha value is -5.48. The highest BCUT2D eigenvalue weighted by molar-refractivity contribution is 6.12. The van der Waals surface area contributed by atoms with Crippen molar-refractivity contribution in [2.24, 2.45) is 0 Å². The van der Waals surface area contributed by atoms with Crippen molar-refractivity contribution >= 4 is 43.7 Å². The maximum absolute atomic E-state index is 6.54. The Morgan fingerprint density at radius 3 is 1.88 bits per heavy atom. The van der Waals surface area contributed by atoms with E-state index < -0.39 is 0 Å². The van der Waals surface area contributed by atoms with E-state index in [1.54, 1.807) is 0 Å². The normalized spacial score (nSPS) is 12.4. The quantitative estimate of drug-likeness (QED) is 0.230. The summed E-state index contributed by atoms with van der Waals surface area (Å²) in [7, 11) is 0. The van der Waals surface area contributed by atoms with E-state index in [1.807, 2.05) is 36.4 Å². The van der Waals surface area contributed by atoms with Gasteiger partial charge in [0.15, 0.2) is 23.0 Å². The van der Waals surface area contributed by atoms with Gasteiger partial charge in [0.1, 0.15) is 11.2 Å². The van der Waals surface area contributed by atoms with Crippen LogP contribution in [0.4, 0.5) is 0 Å². The van der Waals surface area contributed by atoms with Gasteiger partial charge in [-0.25, -0.2) is 0 Å². The van der Waals surface area contributed by atoms with Gasteiger partial charge in [-0.15, -0.1) is 0 Å². The number of hydrogen-bond acceptors (Lipinski definition) is 3. The zero-order chi connectivity index (χ0) is 26.2. The van der Waals surface area contributed by atoms with E-state index in [0.29, 0.717) is 23.0 Å². The molecule has 4 nitrogen and oxygen atoms in total. The summed E-state index contributed by atoms with van der Waals surface area (Å²) in [4.78, 5) is 0. The summed E-state index contributed by atoms with van der Waals surface area (Å²) >= 11 is 0. The minimum atomic E-state index is 0.693. The predicted molar refractivity (Wildman–Crippen MR) is 160 cm³/mol. The van der Waals surface area contributed by atoms with Crippen LogP contribution >= 0.6 is 0 Å². The van der Waals surface area contributed by atoms with Crippen molar-refractivity contribution in [3.8, 4) is 39.8 Å². The lowest BCUT2D eigenvalue weighted by Gasteiger charge is -2.22. The second-order valence-electron chi connectivity index (χ2n) is 10.1. The van der Waals surface area contributed by atoms with E-state index >= 15 is 0 Å². The van der Waals surface area contributed by atoms with Crippen LogP contribution in [-0.2, 0) is 0 Å². The number of rotatable bonds is 2. The van der Waals surface area contributed by atoms with E-state index in [-0.39, 0.29) is 0 Å². The molecular formula is C36H21NO3. The fourth-order valence-electron chi connectivity index (χ4n) is 6.10. The largest absolute Gasteiger partial charge is 0.455 e. The molecule has 1 aliphatic heterocycles. The van der Waals surface area contributed by atoms with Crippen LogP contribution in [0.1, 0.15) is 0 Å². The third-order valence-corrected chi connectivity index (χ3v) is 7.87. The van der Waals surface area contributed by atoms with E-state index in [1.165, 1.54) is 21.8 Å². The molecule has 0 N–H and O–H groups in total. The highest BCUT2D eigenvalue weighted by atomic mass is 16.6. The first kappa shape index (κ1) is 21.5. The van der Waals surface area contributed by atoms with Crippen LogP contribution in [0.2, 0.25) is 0 Å². The fourth-order valence-corrected chi connectivity index (χ4v) is 6.10. The lowest BCUT2D eigenvalue weighted by Crippen LogP contribution is -2.00. The molecule has 0 amide bonds. The lowest BCUT2D eigenvalue weighted by atomic mass is 10.0. The molecule has 1 aliphatic rings. The molecule has 0 aliphatic carbocycles. The van der Waals surface area contributed by atoms with Crippen LogP contribution in [0.5, 0.6) is 23.0 Å². The van der Waals surface area contributed by atoms with Gasteiger partial charge in [0.25, 0.3) is 0 Å². The standard InChI is InChI=1S/C36H21NO3/c1-3-14-29-23(9-1)24-10-2-4-15-30(24)37(29)22-19-20-31-28(21-22)27-12-7-11-25(35(27)39-31)26-13-8-18-34-36(26)40-33-17-6-5-16-32(33)38-34/h1-21H. The summed E-state index contributed by atoms with van der Waals surface area (Å²) in [5, 5.41) is 4.62. The maximum Gasteiger partial charge on any atom is 0.178 e. The van der Waals surface area contributed by atoms with Crippen molar-refractivity contribution in [1.82, 2.24) is 4.57 Å². The Labute approximate surface area is 229 Å². The molecule has 0 atom stereocenters. The third-order valence-electron chi connectivity index (χ3n) is 7.87. The zero-order valence-corrected chi connectivity index (χ0v) is 21.3. The summed E-state index contributed by atoms with van der Waals surface area (Å²) in [5.41, 5.74) is 7.04. The summed E-state index contributed by atoms with van der Waals surface area (Å²) in [5.74, 6) is 2.81. The number of nitrogens with zero attached hydrogens (tertiary/aromatic N) is 1. The number of furan rings is 1. The van der Waals surface area contributed by atoms with Gasteiger partial charge in [0.05, 0.1) is 11.0 Å². The zero-order valence-electron chi connectivity index (χ0n) is 21.3. The van der Waals surface area contributed by atoms with Crippen molar-refractivity contribution < 1.29 is 13.9 Å². The SMILES string of the molecule is c1ccc2c(c1)Oc1cccc(-c3cccc4c3oc3ccc(-n5c6ccccc6c6ccccc65)cc34)c1O2. The molecular weight excluding hydrogens is 494 g/mol. The Kier molecular flexibility index (Phi) is 4.30. The molecule has 3 heterocycles. The molecule has 6 aromatic carbocycles. The van der Waals surface area contributed by atoms with Gasteiger partial charge in [0.2, 0.25) is 0 Å². The summed E-state index contributed by atoms with van der Waals surface area (Å²) in [6.45, 7) is 0. The van der Waals surface area contributed by atoms with Crippen molar-refractivity contribution in [3.05, 3.63) is 127 Å². The van der Waals surface area contributed by atoms with Gasteiger partial charge in [0, 0.05) is 38.4 Å². The highest BCUT2D eigenvalue weighted by Crippen LogP contribution is 2.51. The molecule has 0 spiro atoms. The molecule has 9 rings (SSSR count). The van der Waals surface area contributed by atoms with Crippen molar-refractivity contribution in [3.63, 3.8) is 0 Å². The van der Waals surface area contributed by atoms with E-state index in [9.17, 15) is 0 Å². The first-order valence-electron chi connectivity index (χ1n) is 13.4. The smallest absolute Gasteiger partial charge is 0.178 e. The van der Waals surface area contributed by atoms with Crippen LogP contribution in [0.3, 0.4) is 0 Å². The molecule has 0 bridgehead atoms. The van der Waals surface area contributed by atoms with Crippen LogP contribution < -0.4 is 9.47 Å². The first-order valence-corrected chi connectivity index (χ1v) is 13.4. The molecule has 8 aromatic rings. The molecule has 0 saturated carbocycles. The Bertz CT molecular complexity index is 2230. The Morgan fingerprint density at radius 1 is 0.450 bits per heavy atom. The van der Waals surface area contributed by atoms with Gasteiger partial charge in [-0.2, -0.15) is 0 Å². The average Bonchev–Trinajstić information content (AvgIpc) is 3.55. The molecule has 40 heavy (non-hydrogen) atoms. The summed E-state index contributed by atoms with van der Waals surface area (Å²) in [6.07, 6.45) is 0. The van der Waals surface area contributed by atoms with Crippen LogP contribution in [0.15, 0.2) is 132 Å². The molecule has 0 saturated heterocycles. The molecule has 2 aromatic heterocycles. The topological polar surface area (TPSA) is 36.5 Å². The van der Waals surface area contributed by atoms with Crippen LogP contribution in [-0.4, -0.2) is 4.57 Å². The number of benzene rings is 6. The van der Waals surface area contributed by atoms with E-state index in [2.05, 4.69) is 95.6 Å². The molecule has 0 radical (unpaired) electrons. The number of fused-ring (bicyclic) bond motifs is 8. The monoisotopic (exact) mass is 515 g/mol. The van der Waals surface area contributed by atoms with Gasteiger partial charge in [-0.05, 0) is 48.5 Å². The Morgan fingerprint density at radius 2 is 1.07 bits per heavy atom. The highest BCUT2D eigenvalue weighted by Gasteiger charge is 2.24. The minimum absolute atomic E-state index is 0.693. The fraction of sp³-hybridized carbons (Fsp3) is 0. The number of hydrogen-bond donors (Lipinski definition) is 0. The second kappa shape index (κ2) is 8.01. The van der Waals surface area contributed by atoms with Gasteiger partial charge >= 0.3 is 0 Å². The number of para-hydroxylation sites is 6. The molecule has 188 valence electrons. The molecule has 0 unspecified atom stereocenters. The summed E-state index contributed by atoms with van der Waals surface area (Å²) < 4.78 is 21.4. The van der Waals surface area contributed by atoms with Crippen LogP contribution in [0.25, 0.3) is 60.6 Å².